The SMILES string of the molecule is CC1CCC(Oc2ccc(OC(F)(F)F)cc2)CC1. The molecule has 0 atom stereocenters. The molecule has 0 aromatic heterocycles. The van der Waals surface area contributed by atoms with Gasteiger partial charge < -0.3 is 9.47 Å². The van der Waals surface area contributed by atoms with Gasteiger partial charge in [0.2, 0.25) is 0 Å². The van der Waals surface area contributed by atoms with Crippen LogP contribution in [0.4, 0.5) is 13.2 Å². The Morgan fingerprint density at radius 1 is 0.947 bits per heavy atom. The van der Waals surface area contributed by atoms with Crippen LogP contribution in [-0.4, -0.2) is 12.5 Å². The maximum atomic E-state index is 12.0. The second-order valence-electron chi connectivity index (χ2n) is 5.02. The lowest BCUT2D eigenvalue weighted by atomic mass is 9.89. The van der Waals surface area contributed by atoms with Crippen molar-refractivity contribution < 1.29 is 22.6 Å². The Kier molecular flexibility index (Phi) is 4.22. The predicted octanol–water partition coefficient (Wildman–Crippen LogP) is 4.54. The molecule has 0 amide bonds. The minimum Gasteiger partial charge on any atom is -0.490 e. The summed E-state index contributed by atoms with van der Waals surface area (Å²) in [7, 11) is 0. The van der Waals surface area contributed by atoms with Crippen LogP contribution in [0.1, 0.15) is 32.6 Å². The molecule has 1 aliphatic carbocycles. The van der Waals surface area contributed by atoms with E-state index in [4.69, 9.17) is 4.74 Å². The van der Waals surface area contributed by atoms with Gasteiger partial charge in [-0.15, -0.1) is 13.2 Å². The summed E-state index contributed by atoms with van der Waals surface area (Å²) in [6.07, 6.45) is -0.198. The van der Waals surface area contributed by atoms with E-state index in [1.54, 1.807) is 0 Å². The number of halogens is 3. The van der Waals surface area contributed by atoms with Crippen LogP contribution >= 0.6 is 0 Å². The van der Waals surface area contributed by atoms with E-state index in [2.05, 4.69) is 11.7 Å². The highest BCUT2D eigenvalue weighted by Gasteiger charge is 2.31. The first-order valence-corrected chi connectivity index (χ1v) is 6.45. The first-order chi connectivity index (χ1) is 8.92. The quantitative estimate of drug-likeness (QED) is 0.805. The van der Waals surface area contributed by atoms with Crippen molar-refractivity contribution in [1.82, 2.24) is 0 Å². The first kappa shape index (κ1) is 14.0. The lowest BCUT2D eigenvalue weighted by Crippen LogP contribution is -2.23. The molecule has 0 N–H and O–H groups in total. The number of ether oxygens (including phenoxy) is 2. The van der Waals surface area contributed by atoms with Gasteiger partial charge in [0.15, 0.2) is 0 Å². The fourth-order valence-corrected chi connectivity index (χ4v) is 2.26. The van der Waals surface area contributed by atoms with E-state index in [0.29, 0.717) is 5.75 Å². The van der Waals surface area contributed by atoms with Gasteiger partial charge in [0.1, 0.15) is 11.5 Å². The van der Waals surface area contributed by atoms with Crippen molar-refractivity contribution in [3.63, 3.8) is 0 Å². The zero-order valence-corrected chi connectivity index (χ0v) is 10.7. The number of hydrogen-bond donors (Lipinski definition) is 0. The summed E-state index contributed by atoms with van der Waals surface area (Å²) >= 11 is 0. The summed E-state index contributed by atoms with van der Waals surface area (Å²) in [4.78, 5) is 0. The average molecular weight is 274 g/mol. The second kappa shape index (κ2) is 5.72. The van der Waals surface area contributed by atoms with Crippen LogP contribution in [0.2, 0.25) is 0 Å². The maximum absolute atomic E-state index is 12.0. The van der Waals surface area contributed by atoms with Gasteiger partial charge in [0.05, 0.1) is 6.10 Å². The fourth-order valence-electron chi connectivity index (χ4n) is 2.26. The van der Waals surface area contributed by atoms with Crippen LogP contribution < -0.4 is 9.47 Å². The van der Waals surface area contributed by atoms with Crippen molar-refractivity contribution in [3.8, 4) is 11.5 Å². The summed E-state index contributed by atoms with van der Waals surface area (Å²) in [6.45, 7) is 2.22. The number of benzene rings is 1. The largest absolute Gasteiger partial charge is 0.573 e. The number of hydrogen-bond acceptors (Lipinski definition) is 2. The van der Waals surface area contributed by atoms with Gasteiger partial charge >= 0.3 is 6.36 Å². The van der Waals surface area contributed by atoms with Crippen molar-refractivity contribution in [2.75, 3.05) is 0 Å². The van der Waals surface area contributed by atoms with Crippen LogP contribution in [0, 0.1) is 5.92 Å². The molecule has 0 saturated heterocycles. The van der Waals surface area contributed by atoms with Crippen LogP contribution in [0.15, 0.2) is 24.3 Å². The minimum atomic E-state index is -4.65. The topological polar surface area (TPSA) is 18.5 Å². The van der Waals surface area contributed by atoms with Crippen LogP contribution in [0.5, 0.6) is 11.5 Å². The van der Waals surface area contributed by atoms with Gasteiger partial charge in [-0.3, -0.25) is 0 Å². The summed E-state index contributed by atoms with van der Waals surface area (Å²) in [5.74, 6) is 1.11. The normalized spacial score (nSPS) is 24.0. The molecule has 0 radical (unpaired) electrons. The Morgan fingerprint density at radius 3 is 2.00 bits per heavy atom. The standard InChI is InChI=1S/C14H17F3O2/c1-10-2-4-11(5-3-10)18-12-6-8-13(9-7-12)19-14(15,16)17/h6-11H,2-5H2,1H3. The summed E-state index contributed by atoms with van der Waals surface area (Å²) in [6, 6.07) is 5.57. The van der Waals surface area contributed by atoms with Crippen molar-refractivity contribution in [3.05, 3.63) is 24.3 Å². The van der Waals surface area contributed by atoms with Crippen molar-refractivity contribution in [2.24, 2.45) is 5.92 Å². The number of rotatable bonds is 3. The molecule has 0 heterocycles. The highest BCUT2D eigenvalue weighted by atomic mass is 19.4. The average Bonchev–Trinajstić information content (AvgIpc) is 2.33. The van der Waals surface area contributed by atoms with Gasteiger partial charge in [-0.1, -0.05) is 6.92 Å². The molecule has 2 rings (SSSR count). The molecule has 0 unspecified atom stereocenters. The first-order valence-electron chi connectivity index (χ1n) is 6.45. The van der Waals surface area contributed by atoms with E-state index in [1.165, 1.54) is 24.3 Å². The van der Waals surface area contributed by atoms with E-state index < -0.39 is 6.36 Å². The lowest BCUT2D eigenvalue weighted by Gasteiger charge is -2.26. The molecule has 0 spiro atoms. The molecule has 1 aromatic rings. The minimum absolute atomic E-state index is 0.172. The second-order valence-corrected chi connectivity index (χ2v) is 5.02. The molecule has 106 valence electrons. The fraction of sp³-hybridized carbons (Fsp3) is 0.571. The Morgan fingerprint density at radius 2 is 1.47 bits per heavy atom. The van der Waals surface area contributed by atoms with Crippen LogP contribution in [0.25, 0.3) is 0 Å². The van der Waals surface area contributed by atoms with Crippen molar-refractivity contribution >= 4 is 0 Å². The van der Waals surface area contributed by atoms with Gasteiger partial charge in [-0.05, 0) is 55.9 Å². The molecule has 0 bridgehead atoms. The molecular formula is C14H17F3O2. The third kappa shape index (κ3) is 4.65. The molecule has 1 aromatic carbocycles. The highest BCUT2D eigenvalue weighted by molar-refractivity contribution is 5.31. The van der Waals surface area contributed by atoms with E-state index in [0.717, 1.165) is 31.6 Å². The van der Waals surface area contributed by atoms with Gasteiger partial charge in [-0.25, -0.2) is 0 Å². The Bertz CT molecular complexity index is 392. The smallest absolute Gasteiger partial charge is 0.490 e. The Labute approximate surface area is 110 Å². The zero-order chi connectivity index (χ0) is 13.9. The van der Waals surface area contributed by atoms with Gasteiger partial charge in [-0.2, -0.15) is 0 Å². The van der Waals surface area contributed by atoms with E-state index in [-0.39, 0.29) is 11.9 Å². The highest BCUT2D eigenvalue weighted by Crippen LogP contribution is 2.29. The van der Waals surface area contributed by atoms with Crippen LogP contribution in [0.3, 0.4) is 0 Å². The third-order valence-corrected chi connectivity index (χ3v) is 3.32. The number of alkyl halides is 3. The maximum Gasteiger partial charge on any atom is 0.573 e. The van der Waals surface area contributed by atoms with Crippen molar-refractivity contribution in [1.29, 1.82) is 0 Å². The predicted molar refractivity (Wildman–Crippen MR) is 65.2 cm³/mol. The Hall–Kier alpha value is -1.39. The molecule has 5 heteroatoms. The third-order valence-electron chi connectivity index (χ3n) is 3.32. The summed E-state index contributed by atoms with van der Waals surface area (Å²) in [5.41, 5.74) is 0. The molecule has 1 fully saturated rings. The van der Waals surface area contributed by atoms with E-state index in [1.807, 2.05) is 0 Å². The van der Waals surface area contributed by atoms with Crippen molar-refractivity contribution in [2.45, 2.75) is 45.1 Å². The Balaban J connectivity index is 1.88. The summed E-state index contributed by atoms with van der Waals surface area (Å²) < 4.78 is 45.6. The van der Waals surface area contributed by atoms with Gasteiger partial charge in [0, 0.05) is 0 Å². The summed E-state index contributed by atoms with van der Waals surface area (Å²) in [5, 5.41) is 0. The molecule has 2 nitrogen and oxygen atoms in total. The molecule has 0 aliphatic heterocycles. The molecule has 1 saturated carbocycles. The molecular weight excluding hydrogens is 257 g/mol. The molecule has 19 heavy (non-hydrogen) atoms. The molecule has 1 aliphatic rings. The van der Waals surface area contributed by atoms with Gasteiger partial charge in [0.25, 0.3) is 0 Å². The van der Waals surface area contributed by atoms with E-state index in [9.17, 15) is 13.2 Å². The van der Waals surface area contributed by atoms with E-state index >= 15 is 0 Å². The zero-order valence-electron chi connectivity index (χ0n) is 10.7. The van der Waals surface area contributed by atoms with Crippen LogP contribution in [-0.2, 0) is 0 Å². The monoisotopic (exact) mass is 274 g/mol. The lowest BCUT2D eigenvalue weighted by molar-refractivity contribution is -0.274.